The Balaban J connectivity index is 3.01. The predicted molar refractivity (Wildman–Crippen MR) is 74.1 cm³/mol. The Morgan fingerprint density at radius 3 is 2.32 bits per heavy atom. The molecule has 0 radical (unpaired) electrons. The van der Waals surface area contributed by atoms with Crippen LogP contribution in [0.5, 0.6) is 0 Å². The van der Waals surface area contributed by atoms with Gasteiger partial charge in [0, 0.05) is 5.39 Å². The van der Waals surface area contributed by atoms with Gasteiger partial charge in [0.05, 0.1) is 9.13 Å². The maximum atomic E-state index is 11.2. The minimum absolute atomic E-state index is 0.0867. The van der Waals surface area contributed by atoms with Crippen LogP contribution in [0.3, 0.4) is 0 Å². The molecule has 0 heterocycles. The smallest absolute Gasteiger partial charge is 0.337 e. The van der Waals surface area contributed by atoms with Crippen LogP contribution in [0.2, 0.25) is 0 Å². The van der Waals surface area contributed by atoms with Crippen LogP contribution < -0.4 is 0 Å². The summed E-state index contributed by atoms with van der Waals surface area (Å²) in [6, 6.07) is 6.56. The summed E-state index contributed by atoms with van der Waals surface area (Å²) < 4.78 is 42.8. The molecule has 0 bridgehead atoms. The van der Waals surface area contributed by atoms with Gasteiger partial charge in [-0.3, -0.25) is 7.62 Å². The second-order valence-electron chi connectivity index (χ2n) is 3.63. The molecule has 19 heavy (non-hydrogen) atoms. The summed E-state index contributed by atoms with van der Waals surface area (Å²) in [4.78, 5) is 10.9. The number of hydrogen-bond acceptors (Lipinski definition) is 4. The summed E-state index contributed by atoms with van der Waals surface area (Å²) in [5.41, 5.74) is -0.189. The average molecular weight is 394 g/mol. The minimum atomic E-state index is -4.45. The summed E-state index contributed by atoms with van der Waals surface area (Å²) in [7, 11) is -4.45. The number of carbonyl (C=O) groups is 1. The Bertz CT molecular complexity index is 796. The highest BCUT2D eigenvalue weighted by Gasteiger charge is 2.20. The van der Waals surface area contributed by atoms with E-state index in [-0.39, 0.29) is 24.8 Å². The Hall–Kier alpha value is -1.39. The molecule has 8 heteroatoms. The van der Waals surface area contributed by atoms with Crippen molar-refractivity contribution in [3.8, 4) is 0 Å². The Kier molecular flexibility index (Phi) is 3.65. The van der Waals surface area contributed by atoms with E-state index in [0.29, 0.717) is 0 Å². The van der Waals surface area contributed by atoms with Crippen molar-refractivity contribution in [3.63, 3.8) is 0 Å². The van der Waals surface area contributed by atoms with Crippen molar-refractivity contribution in [2.45, 2.75) is 4.90 Å². The second kappa shape index (κ2) is 4.94. The molecule has 0 unspecified atom stereocenters. The highest BCUT2D eigenvalue weighted by atomic mass is 127. The number of aromatic carboxylic acids is 1. The molecule has 2 aromatic rings. The first kappa shape index (κ1) is 14.0. The quantitative estimate of drug-likeness (QED) is 0.611. The first-order valence-electron chi connectivity index (χ1n) is 4.90. The van der Waals surface area contributed by atoms with E-state index in [1.54, 1.807) is 0 Å². The fourth-order valence-corrected chi connectivity index (χ4v) is 3.58. The molecule has 0 aromatic heterocycles. The van der Waals surface area contributed by atoms with Crippen molar-refractivity contribution in [2.75, 3.05) is 0 Å². The summed E-state index contributed by atoms with van der Waals surface area (Å²) in [5, 5.41) is 9.38. The van der Waals surface area contributed by atoms with Gasteiger partial charge in [0.25, 0.3) is 10.1 Å². The average Bonchev–Trinajstić information content (AvgIpc) is 2.34. The van der Waals surface area contributed by atoms with Gasteiger partial charge in [-0.1, -0.05) is 18.2 Å². The van der Waals surface area contributed by atoms with Crippen LogP contribution in [-0.4, -0.2) is 24.0 Å². The number of carboxylic acids is 1. The molecule has 2 N–H and O–H groups in total. The zero-order chi connectivity index (χ0) is 14.2. The summed E-state index contributed by atoms with van der Waals surface area (Å²) in [6.07, 6.45) is 0. The fraction of sp³-hybridized carbons (Fsp3) is 0. The van der Waals surface area contributed by atoms with E-state index >= 15 is 0 Å². The van der Waals surface area contributed by atoms with E-state index < -0.39 is 37.3 Å². The minimum Gasteiger partial charge on any atom is -0.478 e. The van der Waals surface area contributed by atoms with Crippen molar-refractivity contribution in [3.05, 3.63) is 39.5 Å². The molecular formula is C11H7IO6S. The molecule has 2 aromatic carbocycles. The Morgan fingerprint density at radius 2 is 1.79 bits per heavy atom. The molecule has 0 saturated heterocycles. The van der Waals surface area contributed by atoms with Crippen molar-refractivity contribution in [2.24, 2.45) is 0 Å². The van der Waals surface area contributed by atoms with Crippen LogP contribution >= 0.6 is 21.2 Å². The molecular weight excluding hydrogens is 387 g/mol. The topological polar surface area (TPSA) is 109 Å². The predicted octanol–water partition coefficient (Wildman–Crippen LogP) is 2.27. The van der Waals surface area contributed by atoms with E-state index in [0.717, 1.165) is 0 Å². The van der Waals surface area contributed by atoms with Gasteiger partial charge in [-0.2, -0.15) is 8.42 Å². The maximum absolute atomic E-state index is 11.2. The molecule has 0 aliphatic carbocycles. The zero-order valence-electron chi connectivity index (χ0n) is 9.20. The molecule has 0 spiro atoms. The zero-order valence-corrected chi connectivity index (χ0v) is 12.2. The van der Waals surface area contributed by atoms with Crippen LogP contribution in [0.4, 0.5) is 0 Å². The number of fused-ring (bicyclic) bond motifs is 1. The lowest BCUT2D eigenvalue weighted by Crippen LogP contribution is -2.04. The van der Waals surface area contributed by atoms with Gasteiger partial charge in [-0.25, -0.2) is 4.79 Å². The standard InChI is InChI=1S/C11H7IO6S/c13-11(14)10-7-2-1-3-9(19(16,17)18)6(7)4-5-8(10)12-15/h1-5H,(H,13,14)(H,16,17,18). The fourth-order valence-electron chi connectivity index (χ4n) is 1.81. The van der Waals surface area contributed by atoms with Gasteiger partial charge in [-0.15, -0.1) is 0 Å². The van der Waals surface area contributed by atoms with Crippen molar-refractivity contribution < 1.29 is 25.9 Å². The molecule has 0 aliphatic heterocycles. The molecule has 6 nitrogen and oxygen atoms in total. The largest absolute Gasteiger partial charge is 0.478 e. The van der Waals surface area contributed by atoms with E-state index in [1.807, 2.05) is 0 Å². The number of benzene rings is 2. The lowest BCUT2D eigenvalue weighted by atomic mass is 10.0. The number of carboxylic acid groups (broad SMARTS) is 1. The molecule has 0 amide bonds. The highest BCUT2D eigenvalue weighted by molar-refractivity contribution is 14.1. The van der Waals surface area contributed by atoms with Gasteiger partial charge in [0.15, 0.2) is 21.2 Å². The lowest BCUT2D eigenvalue weighted by molar-refractivity contribution is 0.0698. The third-order valence-electron chi connectivity index (χ3n) is 2.55. The van der Waals surface area contributed by atoms with E-state index in [1.165, 1.54) is 30.3 Å². The third-order valence-corrected chi connectivity index (χ3v) is 4.83. The molecule has 0 aliphatic rings. The van der Waals surface area contributed by atoms with E-state index in [2.05, 4.69) is 0 Å². The molecule has 0 fully saturated rings. The van der Waals surface area contributed by atoms with Crippen molar-refractivity contribution in [1.29, 1.82) is 0 Å². The Labute approximate surface area is 118 Å². The van der Waals surface area contributed by atoms with Crippen LogP contribution in [0.15, 0.2) is 35.2 Å². The van der Waals surface area contributed by atoms with Crippen LogP contribution in [-0.2, 0) is 13.2 Å². The maximum Gasteiger partial charge on any atom is 0.337 e. The van der Waals surface area contributed by atoms with Crippen LogP contribution in [0.1, 0.15) is 10.4 Å². The highest BCUT2D eigenvalue weighted by Crippen LogP contribution is 2.30. The summed E-state index contributed by atoms with van der Waals surface area (Å²) in [5.74, 6) is -1.29. The van der Waals surface area contributed by atoms with Crippen LogP contribution in [0.25, 0.3) is 10.8 Å². The molecule has 2 rings (SSSR count). The second-order valence-corrected chi connectivity index (χ2v) is 6.62. The van der Waals surface area contributed by atoms with Gasteiger partial charge >= 0.3 is 5.97 Å². The first-order valence-corrected chi connectivity index (χ1v) is 8.30. The van der Waals surface area contributed by atoms with E-state index in [9.17, 15) is 16.3 Å². The normalized spacial score (nSPS) is 11.6. The Morgan fingerprint density at radius 1 is 1.11 bits per heavy atom. The monoisotopic (exact) mass is 394 g/mol. The lowest BCUT2D eigenvalue weighted by Gasteiger charge is -2.07. The first-order chi connectivity index (χ1) is 8.86. The van der Waals surface area contributed by atoms with Gasteiger partial charge < -0.3 is 5.11 Å². The van der Waals surface area contributed by atoms with Crippen LogP contribution in [0, 0.1) is 3.57 Å². The molecule has 100 valence electrons. The number of rotatable bonds is 3. The molecule has 0 atom stereocenters. The van der Waals surface area contributed by atoms with Gasteiger partial charge in [0.1, 0.15) is 4.90 Å². The third kappa shape index (κ3) is 2.51. The van der Waals surface area contributed by atoms with E-state index in [4.69, 9.17) is 9.66 Å². The van der Waals surface area contributed by atoms with Crippen molar-refractivity contribution in [1.82, 2.24) is 0 Å². The molecule has 0 saturated carbocycles. The number of halogens is 1. The summed E-state index contributed by atoms with van der Waals surface area (Å²) >= 11 is -1.70. The number of hydrogen-bond donors (Lipinski definition) is 2. The van der Waals surface area contributed by atoms with Gasteiger partial charge in [-0.05, 0) is 17.5 Å². The van der Waals surface area contributed by atoms with Gasteiger partial charge in [0.2, 0.25) is 0 Å². The SMILES string of the molecule is O=Ic1ccc2c(S(=O)(=O)O)cccc2c1C(=O)O. The van der Waals surface area contributed by atoms with Crippen molar-refractivity contribution >= 4 is 48.1 Å². The summed E-state index contributed by atoms with van der Waals surface area (Å²) in [6.45, 7) is 0.